The first-order chi connectivity index (χ1) is 9.58. The van der Waals surface area contributed by atoms with E-state index in [4.69, 9.17) is 9.47 Å². The van der Waals surface area contributed by atoms with Gasteiger partial charge in [-0.2, -0.15) is 5.10 Å². The Bertz CT molecular complexity index is 623. The van der Waals surface area contributed by atoms with E-state index in [1.54, 1.807) is 18.7 Å². The monoisotopic (exact) mass is 498 g/mol. The minimum atomic E-state index is -0.401. The number of carbonyl (C=O) groups excluding carboxylic acids is 1. The largest absolute Gasteiger partial charge is 0.497 e. The van der Waals surface area contributed by atoms with Crippen molar-refractivity contribution in [3.63, 3.8) is 0 Å². The van der Waals surface area contributed by atoms with E-state index in [1.165, 1.54) is 0 Å². The molecule has 0 N–H and O–H groups in total. The quantitative estimate of drug-likeness (QED) is 0.480. The predicted octanol–water partition coefficient (Wildman–Crippen LogP) is 3.27. The molecule has 1 aromatic heterocycles. The van der Waals surface area contributed by atoms with Gasteiger partial charge in [0.1, 0.15) is 9.45 Å². The molecule has 0 fully saturated rings. The highest BCUT2D eigenvalue weighted by molar-refractivity contribution is 14.1. The molecule has 0 spiro atoms. The van der Waals surface area contributed by atoms with E-state index in [1.807, 2.05) is 24.3 Å². The minimum Gasteiger partial charge on any atom is -0.497 e. The summed E-state index contributed by atoms with van der Waals surface area (Å²) in [6.45, 7) is 2.11. The van der Waals surface area contributed by atoms with Crippen molar-refractivity contribution in [2.24, 2.45) is 0 Å². The molecule has 20 heavy (non-hydrogen) atoms. The highest BCUT2D eigenvalue weighted by Gasteiger charge is 2.21. The van der Waals surface area contributed by atoms with E-state index in [-0.39, 0.29) is 0 Å². The number of esters is 1. The minimum absolute atomic E-state index is 0.334. The summed E-state index contributed by atoms with van der Waals surface area (Å²) in [6.07, 6.45) is 0. The molecule has 0 aliphatic carbocycles. The van der Waals surface area contributed by atoms with Gasteiger partial charge in [0.15, 0.2) is 5.69 Å². The van der Waals surface area contributed by atoms with Gasteiger partial charge in [-0.3, -0.25) is 0 Å². The first-order valence-corrected chi connectivity index (χ1v) is 7.99. The van der Waals surface area contributed by atoms with Gasteiger partial charge < -0.3 is 9.47 Å². The molecule has 0 unspecified atom stereocenters. The summed E-state index contributed by atoms with van der Waals surface area (Å²) in [6, 6.07) is 7.48. The summed E-state index contributed by atoms with van der Waals surface area (Å²) in [4.78, 5) is 11.8. The van der Waals surface area contributed by atoms with Crippen molar-refractivity contribution in [1.29, 1.82) is 0 Å². The van der Waals surface area contributed by atoms with Crippen LogP contribution in [0.1, 0.15) is 17.4 Å². The van der Waals surface area contributed by atoms with Crippen LogP contribution in [0.15, 0.2) is 24.3 Å². The molecule has 2 aromatic rings. The van der Waals surface area contributed by atoms with Crippen LogP contribution in [0.5, 0.6) is 5.75 Å². The van der Waals surface area contributed by atoms with Gasteiger partial charge in [0.05, 0.1) is 23.0 Å². The summed E-state index contributed by atoms with van der Waals surface area (Å²) in [5.74, 6) is 0.373. The van der Waals surface area contributed by atoms with Crippen molar-refractivity contribution in [2.45, 2.75) is 6.92 Å². The van der Waals surface area contributed by atoms with Crippen LogP contribution in [0, 0.1) is 7.27 Å². The maximum absolute atomic E-state index is 11.8. The smallest absolute Gasteiger partial charge is 0.360 e. The second kappa shape index (κ2) is 6.74. The molecule has 2 rings (SSSR count). The number of hydrogen-bond donors (Lipinski definition) is 0. The topological polar surface area (TPSA) is 53.3 Å². The highest BCUT2D eigenvalue weighted by Crippen LogP contribution is 2.24. The van der Waals surface area contributed by atoms with Crippen molar-refractivity contribution in [1.82, 2.24) is 9.78 Å². The summed E-state index contributed by atoms with van der Waals surface area (Å²) in [5.41, 5.74) is 1.20. The average Bonchev–Trinajstić information content (AvgIpc) is 2.76. The third-order valence-corrected chi connectivity index (χ3v) is 5.61. The molecule has 0 saturated carbocycles. The van der Waals surface area contributed by atoms with Crippen LogP contribution in [0.25, 0.3) is 5.69 Å². The Morgan fingerprint density at radius 3 is 2.50 bits per heavy atom. The van der Waals surface area contributed by atoms with Crippen molar-refractivity contribution in [2.75, 3.05) is 13.7 Å². The number of rotatable bonds is 4. The van der Waals surface area contributed by atoms with Crippen molar-refractivity contribution >= 4 is 51.2 Å². The SMILES string of the molecule is CCOC(=O)c1nn(-c2ccc(OC)cc2)c(I)c1I. The predicted molar refractivity (Wildman–Crippen MR) is 91.5 cm³/mol. The van der Waals surface area contributed by atoms with Gasteiger partial charge in [-0.25, -0.2) is 9.48 Å². The van der Waals surface area contributed by atoms with Crippen LogP contribution in [0.3, 0.4) is 0 Å². The zero-order valence-corrected chi connectivity index (χ0v) is 15.2. The van der Waals surface area contributed by atoms with Crippen LogP contribution in [-0.2, 0) is 4.74 Å². The Morgan fingerprint density at radius 2 is 1.95 bits per heavy atom. The second-order valence-corrected chi connectivity index (χ2v) is 5.88. The third-order valence-electron chi connectivity index (χ3n) is 2.56. The lowest BCUT2D eigenvalue weighted by atomic mass is 10.3. The van der Waals surface area contributed by atoms with Gasteiger partial charge in [-0.1, -0.05) is 0 Å². The number of halogens is 2. The first-order valence-electron chi connectivity index (χ1n) is 5.84. The normalized spacial score (nSPS) is 10.4. The lowest BCUT2D eigenvalue weighted by Gasteiger charge is -2.04. The number of benzene rings is 1. The van der Waals surface area contributed by atoms with E-state index in [2.05, 4.69) is 50.3 Å². The summed E-state index contributed by atoms with van der Waals surface area (Å²) < 4.78 is 13.5. The molecule has 7 heteroatoms. The molecule has 106 valence electrons. The van der Waals surface area contributed by atoms with Crippen LogP contribution < -0.4 is 4.74 Å². The molecule has 1 heterocycles. The molecular formula is C13H12I2N2O3. The van der Waals surface area contributed by atoms with Gasteiger partial charge in [0.2, 0.25) is 0 Å². The van der Waals surface area contributed by atoms with E-state index in [0.717, 1.165) is 18.7 Å². The molecule has 5 nitrogen and oxygen atoms in total. The maximum Gasteiger partial charge on any atom is 0.360 e. The summed E-state index contributed by atoms with van der Waals surface area (Å²) in [7, 11) is 1.62. The zero-order chi connectivity index (χ0) is 14.7. The fourth-order valence-corrected chi connectivity index (χ4v) is 2.80. The molecule has 0 radical (unpaired) electrons. The Kier molecular flexibility index (Phi) is 5.24. The summed E-state index contributed by atoms with van der Waals surface area (Å²) >= 11 is 4.27. The number of aromatic nitrogens is 2. The van der Waals surface area contributed by atoms with E-state index in [9.17, 15) is 4.79 Å². The Morgan fingerprint density at radius 1 is 1.30 bits per heavy atom. The molecule has 0 atom stereocenters. The Hall–Kier alpha value is -0.840. The number of nitrogens with zero attached hydrogens (tertiary/aromatic N) is 2. The number of carbonyl (C=O) groups is 1. The van der Waals surface area contributed by atoms with Crippen molar-refractivity contribution < 1.29 is 14.3 Å². The van der Waals surface area contributed by atoms with Crippen molar-refractivity contribution in [3.8, 4) is 11.4 Å². The van der Waals surface area contributed by atoms with Gasteiger partial charge in [-0.15, -0.1) is 0 Å². The van der Waals surface area contributed by atoms with Gasteiger partial charge in [-0.05, 0) is 76.4 Å². The average molecular weight is 498 g/mol. The fraction of sp³-hybridized carbons (Fsp3) is 0.231. The number of methoxy groups -OCH3 is 1. The van der Waals surface area contributed by atoms with Gasteiger partial charge >= 0.3 is 5.97 Å². The molecule has 0 amide bonds. The Balaban J connectivity index is 2.41. The van der Waals surface area contributed by atoms with Crippen LogP contribution in [0.4, 0.5) is 0 Å². The van der Waals surface area contributed by atoms with E-state index < -0.39 is 5.97 Å². The van der Waals surface area contributed by atoms with Gasteiger partial charge in [0.25, 0.3) is 0 Å². The van der Waals surface area contributed by atoms with Crippen LogP contribution in [0.2, 0.25) is 0 Å². The van der Waals surface area contributed by atoms with Crippen LogP contribution in [-0.4, -0.2) is 29.5 Å². The standard InChI is InChI=1S/C13H12I2N2O3/c1-3-20-13(18)11-10(14)12(15)17(16-11)8-4-6-9(19-2)7-5-8/h4-7H,3H2,1-2H3. The zero-order valence-electron chi connectivity index (χ0n) is 10.9. The molecule has 0 saturated heterocycles. The first kappa shape index (κ1) is 15.5. The van der Waals surface area contributed by atoms with Crippen LogP contribution >= 0.6 is 45.2 Å². The molecule has 0 bridgehead atoms. The maximum atomic E-state index is 11.8. The Labute approximate surface area is 143 Å². The third kappa shape index (κ3) is 3.08. The fourth-order valence-electron chi connectivity index (χ4n) is 1.60. The highest BCUT2D eigenvalue weighted by atomic mass is 127. The van der Waals surface area contributed by atoms with Crippen molar-refractivity contribution in [3.05, 3.63) is 37.2 Å². The van der Waals surface area contributed by atoms with E-state index >= 15 is 0 Å². The molecule has 0 aliphatic heterocycles. The number of hydrogen-bond acceptors (Lipinski definition) is 4. The lowest BCUT2D eigenvalue weighted by molar-refractivity contribution is 0.0517. The molecule has 0 aliphatic rings. The lowest BCUT2D eigenvalue weighted by Crippen LogP contribution is -2.07. The summed E-state index contributed by atoms with van der Waals surface area (Å²) in [5, 5.41) is 4.34. The van der Waals surface area contributed by atoms with E-state index in [0.29, 0.717) is 12.3 Å². The second-order valence-electron chi connectivity index (χ2n) is 3.78. The van der Waals surface area contributed by atoms with Gasteiger partial charge in [0, 0.05) is 0 Å². The number of ether oxygens (including phenoxy) is 2. The molecular weight excluding hydrogens is 486 g/mol. The molecule has 1 aromatic carbocycles.